The zero-order valence-corrected chi connectivity index (χ0v) is 11.1. The molecule has 5 heteroatoms. The number of ether oxygens (including phenoxy) is 1. The number of rotatable bonds is 4. The summed E-state index contributed by atoms with van der Waals surface area (Å²) in [5.74, 6) is -0.569. The summed E-state index contributed by atoms with van der Waals surface area (Å²) in [6.07, 6.45) is 0.574. The first-order chi connectivity index (χ1) is 9.15. The second-order valence-corrected chi connectivity index (χ2v) is 4.76. The van der Waals surface area contributed by atoms with Gasteiger partial charge in [-0.3, -0.25) is 9.69 Å². The van der Waals surface area contributed by atoms with Crippen LogP contribution in [0.5, 0.6) is 0 Å². The van der Waals surface area contributed by atoms with Gasteiger partial charge in [0.1, 0.15) is 5.82 Å². The maximum Gasteiger partial charge on any atom is 0.225 e. The van der Waals surface area contributed by atoms with Crippen LogP contribution in [-0.4, -0.2) is 43.2 Å². The van der Waals surface area contributed by atoms with Crippen molar-refractivity contribution < 1.29 is 13.9 Å². The Kier molecular flexibility index (Phi) is 4.87. The Morgan fingerprint density at radius 1 is 1.53 bits per heavy atom. The van der Waals surface area contributed by atoms with Gasteiger partial charge in [0, 0.05) is 26.1 Å². The van der Waals surface area contributed by atoms with Gasteiger partial charge in [0.25, 0.3) is 0 Å². The molecule has 1 aromatic rings. The van der Waals surface area contributed by atoms with Gasteiger partial charge in [0.2, 0.25) is 5.91 Å². The Morgan fingerprint density at radius 3 is 3.05 bits per heavy atom. The topological polar surface area (TPSA) is 41.6 Å². The van der Waals surface area contributed by atoms with Crippen LogP contribution in [0.3, 0.4) is 0 Å². The Bertz CT molecular complexity index is 439. The van der Waals surface area contributed by atoms with Crippen LogP contribution in [0.25, 0.3) is 0 Å². The number of morpholine rings is 1. The third kappa shape index (κ3) is 4.29. The van der Waals surface area contributed by atoms with Gasteiger partial charge in [0.15, 0.2) is 0 Å². The van der Waals surface area contributed by atoms with Crippen molar-refractivity contribution in [3.8, 4) is 0 Å². The number of nitrogens with one attached hydrogen (secondary N) is 1. The lowest BCUT2D eigenvalue weighted by Crippen LogP contribution is -2.42. The molecule has 0 saturated carbocycles. The lowest BCUT2D eigenvalue weighted by atomic mass is 10.2. The second-order valence-electron chi connectivity index (χ2n) is 4.76. The second kappa shape index (κ2) is 6.63. The number of hydrogen-bond donors (Lipinski definition) is 1. The fourth-order valence-corrected chi connectivity index (χ4v) is 2.13. The number of anilines is 1. The number of carbonyl (C=O) groups excluding carboxylic acids is 1. The van der Waals surface area contributed by atoms with Crippen LogP contribution in [0.4, 0.5) is 10.1 Å². The van der Waals surface area contributed by atoms with Crippen molar-refractivity contribution in [1.82, 2.24) is 4.90 Å². The summed E-state index contributed by atoms with van der Waals surface area (Å²) in [6.45, 7) is 5.08. The molecule has 2 rings (SSSR count). The van der Waals surface area contributed by atoms with Crippen molar-refractivity contribution in [3.63, 3.8) is 0 Å². The van der Waals surface area contributed by atoms with E-state index in [1.165, 1.54) is 6.07 Å². The average molecular weight is 266 g/mol. The largest absolute Gasteiger partial charge is 0.376 e. The highest BCUT2D eigenvalue weighted by Crippen LogP contribution is 2.13. The first-order valence-electron chi connectivity index (χ1n) is 6.53. The Balaban J connectivity index is 1.77. The Labute approximate surface area is 112 Å². The summed E-state index contributed by atoms with van der Waals surface area (Å²) < 4.78 is 18.8. The lowest BCUT2D eigenvalue weighted by molar-refractivity contribution is -0.117. The summed E-state index contributed by atoms with van der Waals surface area (Å²) in [6, 6.07) is 6.19. The molecule has 1 atom stereocenters. The van der Waals surface area contributed by atoms with Crippen molar-refractivity contribution in [2.45, 2.75) is 19.4 Å². The molecule has 1 unspecified atom stereocenters. The monoisotopic (exact) mass is 266 g/mol. The summed E-state index contributed by atoms with van der Waals surface area (Å²) >= 11 is 0. The van der Waals surface area contributed by atoms with Gasteiger partial charge in [-0.2, -0.15) is 0 Å². The van der Waals surface area contributed by atoms with Crippen LogP contribution in [0.2, 0.25) is 0 Å². The van der Waals surface area contributed by atoms with E-state index in [0.717, 1.165) is 13.1 Å². The predicted octanol–water partition coefficient (Wildman–Crippen LogP) is 1.88. The van der Waals surface area contributed by atoms with Crippen molar-refractivity contribution in [2.24, 2.45) is 0 Å². The number of hydrogen-bond acceptors (Lipinski definition) is 3. The third-order valence-electron chi connectivity index (χ3n) is 3.13. The van der Waals surface area contributed by atoms with Crippen LogP contribution in [-0.2, 0) is 9.53 Å². The van der Waals surface area contributed by atoms with Crippen molar-refractivity contribution in [3.05, 3.63) is 30.1 Å². The average Bonchev–Trinajstić information content (AvgIpc) is 2.39. The molecule has 0 bridgehead atoms. The molecule has 0 aliphatic carbocycles. The molecule has 1 aromatic carbocycles. The maximum absolute atomic E-state index is 13.4. The first kappa shape index (κ1) is 14.0. The molecule has 0 spiro atoms. The third-order valence-corrected chi connectivity index (χ3v) is 3.13. The van der Waals surface area contributed by atoms with Crippen LogP contribution in [0, 0.1) is 5.82 Å². The normalized spacial score (nSPS) is 20.2. The molecule has 1 heterocycles. The van der Waals surface area contributed by atoms with Crippen molar-refractivity contribution >= 4 is 11.6 Å². The van der Waals surface area contributed by atoms with Gasteiger partial charge in [-0.25, -0.2) is 4.39 Å². The van der Waals surface area contributed by atoms with Gasteiger partial charge >= 0.3 is 0 Å². The zero-order valence-electron chi connectivity index (χ0n) is 11.1. The Hall–Kier alpha value is -1.46. The van der Waals surface area contributed by atoms with E-state index in [2.05, 4.69) is 10.2 Å². The maximum atomic E-state index is 13.4. The molecule has 19 heavy (non-hydrogen) atoms. The number of nitrogens with zero attached hydrogens (tertiary/aromatic N) is 1. The van der Waals surface area contributed by atoms with Gasteiger partial charge in [-0.05, 0) is 19.1 Å². The quantitative estimate of drug-likeness (QED) is 0.904. The molecule has 1 aliphatic rings. The van der Waals surface area contributed by atoms with Crippen LogP contribution < -0.4 is 5.32 Å². The van der Waals surface area contributed by atoms with E-state index in [1.807, 2.05) is 6.92 Å². The summed E-state index contributed by atoms with van der Waals surface area (Å²) in [5, 5.41) is 2.59. The molecule has 1 fully saturated rings. The number of carbonyl (C=O) groups is 1. The molecular weight excluding hydrogens is 247 g/mol. The van der Waals surface area contributed by atoms with E-state index >= 15 is 0 Å². The fourth-order valence-electron chi connectivity index (χ4n) is 2.13. The zero-order chi connectivity index (χ0) is 13.7. The highest BCUT2D eigenvalue weighted by atomic mass is 19.1. The van der Waals surface area contributed by atoms with E-state index in [4.69, 9.17) is 4.74 Å². The summed E-state index contributed by atoms with van der Waals surface area (Å²) in [5.41, 5.74) is 0.239. The van der Waals surface area contributed by atoms with E-state index in [0.29, 0.717) is 19.6 Å². The molecule has 0 radical (unpaired) electrons. The molecule has 4 nitrogen and oxygen atoms in total. The van der Waals surface area contributed by atoms with E-state index in [9.17, 15) is 9.18 Å². The highest BCUT2D eigenvalue weighted by Gasteiger charge is 2.17. The van der Waals surface area contributed by atoms with Crippen LogP contribution in [0.15, 0.2) is 24.3 Å². The van der Waals surface area contributed by atoms with Gasteiger partial charge < -0.3 is 10.1 Å². The number of halogens is 1. The Morgan fingerprint density at radius 2 is 2.32 bits per heavy atom. The van der Waals surface area contributed by atoms with E-state index < -0.39 is 5.82 Å². The minimum atomic E-state index is -0.407. The molecule has 104 valence electrons. The van der Waals surface area contributed by atoms with Crippen molar-refractivity contribution in [1.29, 1.82) is 0 Å². The van der Waals surface area contributed by atoms with Gasteiger partial charge in [0.05, 0.1) is 18.4 Å². The molecular formula is C14H19FN2O2. The van der Waals surface area contributed by atoms with Crippen molar-refractivity contribution in [2.75, 3.05) is 31.6 Å². The standard InChI is InChI=1S/C14H19FN2O2/c1-11-10-17(8-9-19-11)7-6-14(18)16-13-5-3-2-4-12(13)15/h2-5,11H,6-10H2,1H3,(H,16,18). The molecule has 1 aliphatic heterocycles. The SMILES string of the molecule is CC1CN(CCC(=O)Nc2ccccc2F)CCO1. The minimum Gasteiger partial charge on any atom is -0.376 e. The number of benzene rings is 1. The van der Waals surface area contributed by atoms with Crippen LogP contribution >= 0.6 is 0 Å². The molecule has 1 N–H and O–H groups in total. The van der Waals surface area contributed by atoms with Gasteiger partial charge in [-0.15, -0.1) is 0 Å². The van der Waals surface area contributed by atoms with E-state index in [-0.39, 0.29) is 17.7 Å². The fraction of sp³-hybridized carbons (Fsp3) is 0.500. The minimum absolute atomic E-state index is 0.163. The van der Waals surface area contributed by atoms with Gasteiger partial charge in [-0.1, -0.05) is 12.1 Å². The summed E-state index contributed by atoms with van der Waals surface area (Å²) in [7, 11) is 0. The molecule has 1 saturated heterocycles. The predicted molar refractivity (Wildman–Crippen MR) is 71.5 cm³/mol. The van der Waals surface area contributed by atoms with Crippen LogP contribution in [0.1, 0.15) is 13.3 Å². The first-order valence-corrected chi connectivity index (χ1v) is 6.53. The number of amides is 1. The highest BCUT2D eigenvalue weighted by molar-refractivity contribution is 5.90. The van der Waals surface area contributed by atoms with E-state index in [1.54, 1.807) is 18.2 Å². The number of para-hydroxylation sites is 1. The lowest BCUT2D eigenvalue weighted by Gasteiger charge is -2.30. The smallest absolute Gasteiger partial charge is 0.225 e. The molecule has 1 amide bonds. The summed E-state index contributed by atoms with van der Waals surface area (Å²) in [4.78, 5) is 13.9. The molecule has 0 aromatic heterocycles.